The van der Waals surface area contributed by atoms with E-state index in [1.54, 1.807) is 13.8 Å². The van der Waals surface area contributed by atoms with Crippen LogP contribution in [-0.4, -0.2) is 47.5 Å². The van der Waals surface area contributed by atoms with Gasteiger partial charge >= 0.3 is 5.97 Å². The molecule has 0 fully saturated rings. The molecule has 2 heterocycles. The van der Waals surface area contributed by atoms with Crippen LogP contribution in [0.5, 0.6) is 0 Å². The summed E-state index contributed by atoms with van der Waals surface area (Å²) in [5.74, 6) is -0.587. The third-order valence-electron chi connectivity index (χ3n) is 2.86. The van der Waals surface area contributed by atoms with E-state index >= 15 is 0 Å². The van der Waals surface area contributed by atoms with Crippen molar-refractivity contribution in [2.24, 2.45) is 0 Å². The van der Waals surface area contributed by atoms with E-state index < -0.39 is 15.8 Å². The molecular weight excluding hydrogens is 314 g/mol. The Kier molecular flexibility index (Phi) is 4.15. The van der Waals surface area contributed by atoms with Gasteiger partial charge in [0.2, 0.25) is 0 Å². The number of carboxylic acids is 1. The van der Waals surface area contributed by atoms with Crippen molar-refractivity contribution < 1.29 is 18.3 Å². The fraction of sp³-hybridized carbons (Fsp3) is 0.417. The van der Waals surface area contributed by atoms with Gasteiger partial charge in [-0.3, -0.25) is 0 Å². The van der Waals surface area contributed by atoms with Crippen molar-refractivity contribution in [3.8, 4) is 0 Å². The van der Waals surface area contributed by atoms with Crippen molar-refractivity contribution in [2.75, 3.05) is 17.3 Å². The number of aromatic nitrogens is 2. The molecule has 1 unspecified atom stereocenters. The summed E-state index contributed by atoms with van der Waals surface area (Å²) in [4.78, 5) is 20.1. The molecule has 0 bridgehead atoms. The number of thiophene rings is 1. The molecule has 0 aliphatic heterocycles. The zero-order valence-electron chi connectivity index (χ0n) is 11.7. The van der Waals surface area contributed by atoms with E-state index in [0.717, 1.165) is 11.3 Å². The number of rotatable bonds is 5. The summed E-state index contributed by atoms with van der Waals surface area (Å²) in [7, 11) is -3.11. The van der Waals surface area contributed by atoms with Gasteiger partial charge in [0.1, 0.15) is 31.7 Å². The fourth-order valence-electron chi connectivity index (χ4n) is 2.11. The van der Waals surface area contributed by atoms with Crippen molar-refractivity contribution in [3.05, 3.63) is 16.8 Å². The molecule has 2 aromatic rings. The Hall–Kier alpha value is -1.74. The Bertz CT molecular complexity index is 798. The Morgan fingerprint density at radius 3 is 2.71 bits per heavy atom. The molecule has 0 radical (unpaired) electrons. The Morgan fingerprint density at radius 2 is 2.14 bits per heavy atom. The van der Waals surface area contributed by atoms with Gasteiger partial charge in [0, 0.05) is 12.3 Å². The zero-order chi connectivity index (χ0) is 15.8. The number of nitrogens with zero attached hydrogens (tertiary/aromatic N) is 2. The monoisotopic (exact) mass is 329 g/mol. The van der Waals surface area contributed by atoms with Gasteiger partial charge in [-0.2, -0.15) is 0 Å². The van der Waals surface area contributed by atoms with Gasteiger partial charge in [0.15, 0.2) is 0 Å². The van der Waals surface area contributed by atoms with Crippen molar-refractivity contribution in [2.45, 2.75) is 19.9 Å². The number of anilines is 1. The van der Waals surface area contributed by atoms with Crippen molar-refractivity contribution >= 4 is 43.2 Å². The first kappa shape index (κ1) is 15.6. The van der Waals surface area contributed by atoms with Crippen LogP contribution in [0.1, 0.15) is 22.2 Å². The molecule has 0 saturated carbocycles. The maximum absolute atomic E-state index is 11.3. The molecule has 7 nitrogen and oxygen atoms in total. The van der Waals surface area contributed by atoms with Crippen molar-refractivity contribution in [1.82, 2.24) is 9.97 Å². The topological polar surface area (TPSA) is 109 Å². The predicted molar refractivity (Wildman–Crippen MR) is 81.9 cm³/mol. The number of hydrogen-bond acceptors (Lipinski definition) is 7. The molecule has 2 N–H and O–H groups in total. The van der Waals surface area contributed by atoms with Crippen molar-refractivity contribution in [3.63, 3.8) is 0 Å². The third kappa shape index (κ3) is 3.48. The number of nitrogens with one attached hydrogen (secondary N) is 1. The first-order chi connectivity index (χ1) is 9.69. The molecule has 1 atom stereocenters. The van der Waals surface area contributed by atoms with Gasteiger partial charge < -0.3 is 10.4 Å². The largest absolute Gasteiger partial charge is 0.477 e. The molecule has 21 heavy (non-hydrogen) atoms. The standard InChI is InChI=1S/C12H15N3O4S2/c1-6(4-21(3,18)19)15-10-8-7(2)9(12(16)17)20-11(8)14-5-13-10/h5-6H,4H2,1-3H3,(H,16,17)(H,13,14,15). The number of hydrogen-bond donors (Lipinski definition) is 2. The second-order valence-corrected chi connectivity index (χ2v) is 8.09. The van der Waals surface area contributed by atoms with Gasteiger partial charge in [-0.15, -0.1) is 11.3 Å². The molecule has 0 aliphatic rings. The number of aryl methyl sites for hydroxylation is 1. The van der Waals surface area contributed by atoms with E-state index in [0.29, 0.717) is 21.6 Å². The quantitative estimate of drug-likeness (QED) is 0.856. The van der Waals surface area contributed by atoms with Gasteiger partial charge in [-0.1, -0.05) is 0 Å². The average Bonchev–Trinajstić information content (AvgIpc) is 2.65. The van der Waals surface area contributed by atoms with Crippen LogP contribution in [0.2, 0.25) is 0 Å². The molecular formula is C12H15N3O4S2. The number of carboxylic acid groups (broad SMARTS) is 1. The van der Waals surface area contributed by atoms with Crippen molar-refractivity contribution in [1.29, 1.82) is 0 Å². The van der Waals surface area contributed by atoms with E-state index in [1.165, 1.54) is 12.6 Å². The summed E-state index contributed by atoms with van der Waals surface area (Å²) >= 11 is 1.08. The smallest absolute Gasteiger partial charge is 0.346 e. The van der Waals surface area contributed by atoms with E-state index in [2.05, 4.69) is 15.3 Å². The van der Waals surface area contributed by atoms with Crippen LogP contribution >= 0.6 is 11.3 Å². The second kappa shape index (κ2) is 5.57. The van der Waals surface area contributed by atoms with E-state index in [4.69, 9.17) is 5.11 Å². The Balaban J connectivity index is 2.43. The highest BCUT2D eigenvalue weighted by atomic mass is 32.2. The van der Waals surface area contributed by atoms with Crippen LogP contribution in [0, 0.1) is 6.92 Å². The summed E-state index contributed by atoms with van der Waals surface area (Å²) in [5.41, 5.74) is 0.581. The highest BCUT2D eigenvalue weighted by molar-refractivity contribution is 7.90. The van der Waals surface area contributed by atoms with Crippen LogP contribution in [0.25, 0.3) is 10.2 Å². The van der Waals surface area contributed by atoms with Crippen LogP contribution in [0.3, 0.4) is 0 Å². The first-order valence-electron chi connectivity index (χ1n) is 6.10. The molecule has 0 saturated heterocycles. The summed E-state index contributed by atoms with van der Waals surface area (Å²) in [6.45, 7) is 3.42. The molecule has 2 rings (SSSR count). The maximum atomic E-state index is 11.3. The van der Waals surface area contributed by atoms with Crippen LogP contribution in [0.4, 0.5) is 5.82 Å². The van der Waals surface area contributed by atoms with Crippen LogP contribution in [-0.2, 0) is 9.84 Å². The maximum Gasteiger partial charge on any atom is 0.346 e. The number of aromatic carboxylic acids is 1. The lowest BCUT2D eigenvalue weighted by atomic mass is 10.2. The van der Waals surface area contributed by atoms with E-state index in [-0.39, 0.29) is 16.7 Å². The van der Waals surface area contributed by atoms with E-state index in [1.807, 2.05) is 0 Å². The lowest BCUT2D eigenvalue weighted by molar-refractivity contribution is 0.0701. The molecule has 9 heteroatoms. The first-order valence-corrected chi connectivity index (χ1v) is 8.98. The normalized spacial score (nSPS) is 13.3. The summed E-state index contributed by atoms with van der Waals surface area (Å²) in [6.07, 6.45) is 2.50. The van der Waals surface area contributed by atoms with Gasteiger partial charge in [-0.25, -0.2) is 23.2 Å². The highest BCUT2D eigenvalue weighted by Gasteiger charge is 2.20. The average molecular weight is 329 g/mol. The Labute approximate surface area is 126 Å². The summed E-state index contributed by atoms with van der Waals surface area (Å²) in [6, 6.07) is -0.342. The molecule has 0 aliphatic carbocycles. The second-order valence-electron chi connectivity index (χ2n) is 4.90. The summed E-state index contributed by atoms with van der Waals surface area (Å²) in [5, 5.41) is 12.8. The van der Waals surface area contributed by atoms with Crippen LogP contribution < -0.4 is 5.32 Å². The third-order valence-corrected chi connectivity index (χ3v) is 5.15. The number of sulfone groups is 1. The molecule has 0 amide bonds. The highest BCUT2D eigenvalue weighted by Crippen LogP contribution is 2.33. The lowest BCUT2D eigenvalue weighted by Crippen LogP contribution is -2.25. The SMILES string of the molecule is Cc1c(C(=O)O)sc2ncnc(NC(C)CS(C)(=O)=O)c12. The van der Waals surface area contributed by atoms with Gasteiger partial charge in [-0.05, 0) is 19.4 Å². The Morgan fingerprint density at radius 1 is 1.48 bits per heavy atom. The van der Waals surface area contributed by atoms with Crippen LogP contribution in [0.15, 0.2) is 6.33 Å². The molecule has 114 valence electrons. The minimum atomic E-state index is -3.11. The lowest BCUT2D eigenvalue weighted by Gasteiger charge is -2.14. The molecule has 0 spiro atoms. The predicted octanol–water partition coefficient (Wildman–Crippen LogP) is 1.54. The number of fused-ring (bicyclic) bond motifs is 1. The zero-order valence-corrected chi connectivity index (χ0v) is 13.4. The summed E-state index contributed by atoms with van der Waals surface area (Å²) < 4.78 is 22.6. The van der Waals surface area contributed by atoms with Gasteiger partial charge in [0.25, 0.3) is 0 Å². The van der Waals surface area contributed by atoms with E-state index in [9.17, 15) is 13.2 Å². The molecule has 0 aromatic carbocycles. The van der Waals surface area contributed by atoms with Gasteiger partial charge in [0.05, 0.1) is 11.1 Å². The molecule has 2 aromatic heterocycles. The minimum absolute atomic E-state index is 0.0343. The minimum Gasteiger partial charge on any atom is -0.477 e. The fourth-order valence-corrected chi connectivity index (χ4v) is 4.09. The number of carbonyl (C=O) groups is 1.